The number of hydrogen-bond acceptors (Lipinski definition) is 4. The Morgan fingerprint density at radius 3 is 2.43 bits per heavy atom. The molecule has 1 unspecified atom stereocenters. The van der Waals surface area contributed by atoms with Gasteiger partial charge in [-0.2, -0.15) is 0 Å². The second-order valence-corrected chi connectivity index (χ2v) is 6.49. The smallest absolute Gasteiger partial charge is 0.142 e. The van der Waals surface area contributed by atoms with Crippen LogP contribution in [-0.4, -0.2) is 9.32 Å². The zero-order valence-corrected chi connectivity index (χ0v) is 9.96. The first-order chi connectivity index (χ1) is 6.14. The largest absolute Gasteiger partial charge is 0.386 e. The molecule has 0 radical (unpaired) electrons. The van der Waals surface area contributed by atoms with Crippen LogP contribution in [0.5, 0.6) is 0 Å². The minimum Gasteiger partial charge on any atom is -0.386 e. The Kier molecular flexibility index (Phi) is 2.75. The van der Waals surface area contributed by atoms with Gasteiger partial charge in [-0.15, -0.1) is 11.3 Å². The molecular weight excluding hydrogens is 220 g/mol. The molecule has 0 aliphatic carbocycles. The fourth-order valence-electron chi connectivity index (χ4n) is 1.38. The first-order valence-corrected chi connectivity index (χ1v) is 6.51. The molecule has 0 spiro atoms. The first-order valence-electron chi connectivity index (χ1n) is 4.01. The van der Waals surface area contributed by atoms with Crippen LogP contribution in [0.4, 0.5) is 0 Å². The standard InChI is InChI=1S/C8H14N2O2S2/c1-5-4-13-7(14(9,10)12)6(5)8(2,3)11/h4,11H,1-3H3,(H3,9,10,12). The lowest BCUT2D eigenvalue weighted by molar-refractivity contribution is 0.0757. The van der Waals surface area contributed by atoms with Gasteiger partial charge < -0.3 is 5.11 Å². The van der Waals surface area contributed by atoms with Gasteiger partial charge in [-0.05, 0) is 31.7 Å². The molecule has 1 rings (SSSR count). The average molecular weight is 234 g/mol. The van der Waals surface area contributed by atoms with Crippen LogP contribution in [0.2, 0.25) is 0 Å². The van der Waals surface area contributed by atoms with E-state index in [1.807, 2.05) is 0 Å². The Hall–Kier alpha value is -0.430. The SMILES string of the molecule is Cc1csc(S(=N)(N)=O)c1C(C)(C)O. The molecule has 1 atom stereocenters. The number of hydrogen-bond donors (Lipinski definition) is 3. The van der Waals surface area contributed by atoms with Crippen molar-refractivity contribution in [1.82, 2.24) is 0 Å². The molecule has 0 aliphatic rings. The van der Waals surface area contributed by atoms with Gasteiger partial charge in [0.05, 0.1) is 5.60 Å². The van der Waals surface area contributed by atoms with Gasteiger partial charge in [-0.25, -0.2) is 14.1 Å². The van der Waals surface area contributed by atoms with Crippen molar-refractivity contribution in [3.8, 4) is 0 Å². The summed E-state index contributed by atoms with van der Waals surface area (Å²) in [6.07, 6.45) is 0. The van der Waals surface area contributed by atoms with E-state index < -0.39 is 15.5 Å². The molecular formula is C8H14N2O2S2. The van der Waals surface area contributed by atoms with Gasteiger partial charge in [0.1, 0.15) is 14.1 Å². The molecule has 0 fully saturated rings. The summed E-state index contributed by atoms with van der Waals surface area (Å²) in [5, 5.41) is 16.9. The Balaban J connectivity index is 3.50. The van der Waals surface area contributed by atoms with Gasteiger partial charge in [0.25, 0.3) is 0 Å². The minimum absolute atomic E-state index is 0.266. The van der Waals surface area contributed by atoms with Gasteiger partial charge in [0.2, 0.25) is 0 Å². The second kappa shape index (κ2) is 3.30. The molecule has 0 bridgehead atoms. The molecule has 0 saturated heterocycles. The highest BCUT2D eigenvalue weighted by Gasteiger charge is 2.27. The molecule has 1 aromatic heterocycles. The van der Waals surface area contributed by atoms with Gasteiger partial charge in [-0.1, -0.05) is 0 Å². The predicted molar refractivity (Wildman–Crippen MR) is 57.6 cm³/mol. The van der Waals surface area contributed by atoms with Gasteiger partial charge in [0.15, 0.2) is 0 Å². The minimum atomic E-state index is -3.24. The van der Waals surface area contributed by atoms with Crippen LogP contribution in [0.25, 0.3) is 0 Å². The van der Waals surface area contributed by atoms with Crippen molar-refractivity contribution in [2.24, 2.45) is 5.14 Å². The number of nitrogens with two attached hydrogens (primary N) is 1. The summed E-state index contributed by atoms with van der Waals surface area (Å²) in [4.78, 5) is 0. The van der Waals surface area contributed by atoms with Gasteiger partial charge in [0, 0.05) is 5.56 Å². The van der Waals surface area contributed by atoms with Gasteiger partial charge in [-0.3, -0.25) is 0 Å². The van der Waals surface area contributed by atoms with Crippen LogP contribution in [0.1, 0.15) is 25.0 Å². The molecule has 0 amide bonds. The van der Waals surface area contributed by atoms with E-state index in [2.05, 4.69) is 0 Å². The van der Waals surface area contributed by atoms with E-state index in [4.69, 9.17) is 9.92 Å². The van der Waals surface area contributed by atoms with E-state index in [1.165, 1.54) is 0 Å². The summed E-state index contributed by atoms with van der Waals surface area (Å²) in [5.74, 6) is 0. The van der Waals surface area contributed by atoms with Crippen molar-refractivity contribution in [1.29, 1.82) is 4.78 Å². The molecule has 80 valence electrons. The second-order valence-electron chi connectivity index (χ2n) is 3.74. The summed E-state index contributed by atoms with van der Waals surface area (Å²) in [5.41, 5.74) is 0.232. The Labute approximate surface area is 87.9 Å². The zero-order chi connectivity index (χ0) is 11.1. The van der Waals surface area contributed by atoms with Crippen molar-refractivity contribution in [3.05, 3.63) is 16.5 Å². The van der Waals surface area contributed by atoms with E-state index in [0.29, 0.717) is 5.56 Å². The zero-order valence-electron chi connectivity index (χ0n) is 8.33. The van der Waals surface area contributed by atoms with Crippen molar-refractivity contribution in [2.75, 3.05) is 0 Å². The highest BCUT2D eigenvalue weighted by atomic mass is 32.2. The topological polar surface area (TPSA) is 87.2 Å². The third kappa shape index (κ3) is 2.14. The van der Waals surface area contributed by atoms with E-state index in [-0.39, 0.29) is 4.21 Å². The maximum Gasteiger partial charge on any atom is 0.142 e. The molecule has 6 heteroatoms. The van der Waals surface area contributed by atoms with Gasteiger partial charge >= 0.3 is 0 Å². The highest BCUT2D eigenvalue weighted by Crippen LogP contribution is 2.34. The van der Waals surface area contributed by atoms with E-state index in [0.717, 1.165) is 16.9 Å². The average Bonchev–Trinajstić information content (AvgIpc) is 2.27. The Bertz CT molecular complexity index is 440. The number of aryl methyl sites for hydroxylation is 1. The van der Waals surface area contributed by atoms with E-state index in [1.54, 1.807) is 26.2 Å². The Morgan fingerprint density at radius 1 is 1.64 bits per heavy atom. The van der Waals surface area contributed by atoms with Crippen molar-refractivity contribution in [3.63, 3.8) is 0 Å². The van der Waals surface area contributed by atoms with Crippen LogP contribution in [-0.2, 0) is 15.5 Å². The van der Waals surface area contributed by atoms with Crippen LogP contribution in [0.3, 0.4) is 0 Å². The van der Waals surface area contributed by atoms with Crippen LogP contribution in [0, 0.1) is 11.7 Å². The molecule has 4 N–H and O–H groups in total. The molecule has 0 saturated carbocycles. The number of aliphatic hydroxyl groups is 1. The molecule has 1 aromatic rings. The maximum absolute atomic E-state index is 11.4. The monoisotopic (exact) mass is 234 g/mol. The molecule has 0 aromatic carbocycles. The maximum atomic E-state index is 11.4. The molecule has 1 heterocycles. The summed E-state index contributed by atoms with van der Waals surface area (Å²) in [6, 6.07) is 0. The van der Waals surface area contributed by atoms with Crippen LogP contribution in [0.15, 0.2) is 9.59 Å². The normalized spacial score (nSPS) is 16.6. The third-order valence-corrected chi connectivity index (χ3v) is 4.50. The molecule has 14 heavy (non-hydrogen) atoms. The lowest BCUT2D eigenvalue weighted by atomic mass is 9.98. The Morgan fingerprint density at radius 2 is 2.14 bits per heavy atom. The fourth-order valence-corrected chi connectivity index (χ4v) is 3.74. The van der Waals surface area contributed by atoms with E-state index in [9.17, 15) is 9.32 Å². The molecule has 0 aliphatic heterocycles. The van der Waals surface area contributed by atoms with Crippen molar-refractivity contribution in [2.45, 2.75) is 30.6 Å². The van der Waals surface area contributed by atoms with E-state index >= 15 is 0 Å². The van der Waals surface area contributed by atoms with Crippen LogP contribution >= 0.6 is 11.3 Å². The lowest BCUT2D eigenvalue weighted by Gasteiger charge is -2.19. The third-order valence-electron chi connectivity index (χ3n) is 1.83. The lowest BCUT2D eigenvalue weighted by Crippen LogP contribution is -2.21. The summed E-state index contributed by atoms with van der Waals surface area (Å²) in [7, 11) is -3.24. The van der Waals surface area contributed by atoms with Crippen LogP contribution < -0.4 is 5.14 Å². The van der Waals surface area contributed by atoms with Crippen molar-refractivity contribution < 1.29 is 9.32 Å². The molecule has 4 nitrogen and oxygen atoms in total. The summed E-state index contributed by atoms with van der Waals surface area (Å²) in [6.45, 7) is 4.99. The number of rotatable bonds is 2. The fraction of sp³-hybridized carbons (Fsp3) is 0.500. The number of nitrogens with one attached hydrogen (secondary N) is 1. The summed E-state index contributed by atoms with van der Waals surface area (Å²) >= 11 is 1.16. The quantitative estimate of drug-likeness (QED) is 0.725. The highest BCUT2D eigenvalue weighted by molar-refractivity contribution is 7.92. The number of thiophene rings is 1. The first kappa shape index (κ1) is 11.6. The van der Waals surface area contributed by atoms with Crippen molar-refractivity contribution >= 4 is 21.3 Å². The summed E-state index contributed by atoms with van der Waals surface area (Å²) < 4.78 is 19.0. The predicted octanol–water partition coefficient (Wildman–Crippen LogP) is 1.56.